The van der Waals surface area contributed by atoms with Crippen molar-refractivity contribution in [2.24, 2.45) is 0 Å². The molecule has 0 aliphatic heterocycles. The van der Waals surface area contributed by atoms with Gasteiger partial charge in [0, 0.05) is 0 Å². The van der Waals surface area contributed by atoms with Crippen molar-refractivity contribution in [3.8, 4) is 0 Å². The van der Waals surface area contributed by atoms with Gasteiger partial charge in [0.15, 0.2) is 0 Å². The quantitative estimate of drug-likeness (QED) is 0.642. The zero-order valence-corrected chi connectivity index (χ0v) is 17.5. The summed E-state index contributed by atoms with van der Waals surface area (Å²) in [4.78, 5) is 0. The van der Waals surface area contributed by atoms with E-state index in [1.165, 1.54) is 5.56 Å². The van der Waals surface area contributed by atoms with Gasteiger partial charge in [0.2, 0.25) is 0 Å². The minimum Gasteiger partial charge on any atom is -0.147 e. The Hall–Kier alpha value is -0.140. The summed E-state index contributed by atoms with van der Waals surface area (Å²) in [7, 11) is 0. The van der Waals surface area contributed by atoms with Gasteiger partial charge in [0.1, 0.15) is 0 Å². The van der Waals surface area contributed by atoms with E-state index in [0.29, 0.717) is 6.16 Å². The fourth-order valence-corrected chi connectivity index (χ4v) is 17.5. The fourth-order valence-electron chi connectivity index (χ4n) is 3.02. The number of benzene rings is 2. The molecule has 0 amide bonds. The third-order valence-electron chi connectivity index (χ3n) is 3.87. The van der Waals surface area contributed by atoms with Gasteiger partial charge in [-0.25, -0.2) is 0 Å². The van der Waals surface area contributed by atoms with Gasteiger partial charge >= 0.3 is 124 Å². The van der Waals surface area contributed by atoms with Gasteiger partial charge < -0.3 is 0 Å². The van der Waals surface area contributed by atoms with Crippen LogP contribution in [0.1, 0.15) is 21.7 Å². The Kier molecular flexibility index (Phi) is 7.64. The van der Waals surface area contributed by atoms with Crippen molar-refractivity contribution in [2.45, 2.75) is 17.1 Å². The third kappa shape index (κ3) is 3.79. The largest absolute Gasteiger partial charge is 0.147 e. The van der Waals surface area contributed by atoms with Crippen molar-refractivity contribution in [3.63, 3.8) is 0 Å². The standard InChI is InChI=1S/C10H9.C6H5.CH4Si.2ClH.Zr/c1-8-6-9-4-2-3-5-10(9)7-8;1-2-4-6-5-3-1;1-2;;;/h2-7H,1H3;1-5H;2H,1H3;2*1H;. The Bertz CT molecular complexity index is 666. The number of allylic oxidation sites excluding steroid dienone is 1. The third-order valence-corrected chi connectivity index (χ3v) is 18.9. The van der Waals surface area contributed by atoms with Crippen LogP contribution < -0.4 is 3.27 Å². The minimum absolute atomic E-state index is 0. The molecular weight excluding hydrogens is 394 g/mol. The number of rotatable bonds is 2. The Morgan fingerprint density at radius 3 is 2.19 bits per heavy atom. The van der Waals surface area contributed by atoms with Gasteiger partial charge in [-0.2, -0.15) is 0 Å². The molecule has 1 atom stereocenters. The summed E-state index contributed by atoms with van der Waals surface area (Å²) in [6, 6.07) is 20.3. The molecular formula is C17H20Cl2SiZr. The SMILES string of the molecule is C/[SiH]=[Zr](/[c]1ccccc1)[CH]1C(C)=Cc2ccccc21.Cl.Cl. The molecule has 1 aliphatic carbocycles. The molecule has 4 heteroatoms. The Labute approximate surface area is 148 Å². The van der Waals surface area contributed by atoms with Crippen molar-refractivity contribution in [2.75, 3.05) is 0 Å². The first-order valence-corrected chi connectivity index (χ1v) is 15.4. The molecule has 0 aromatic heterocycles. The number of fused-ring (bicyclic) bond motifs is 1. The molecule has 0 nitrogen and oxygen atoms in total. The predicted octanol–water partition coefficient (Wildman–Crippen LogP) is 4.33. The van der Waals surface area contributed by atoms with Crippen LogP contribution in [0.3, 0.4) is 0 Å². The maximum Gasteiger partial charge on any atom is -0.147 e. The normalized spacial score (nSPS) is 16.4. The zero-order valence-electron chi connectivity index (χ0n) is 12.2. The molecule has 1 unspecified atom stereocenters. The first-order valence-electron chi connectivity index (χ1n) is 6.80. The van der Waals surface area contributed by atoms with Gasteiger partial charge in [0.05, 0.1) is 0 Å². The van der Waals surface area contributed by atoms with Crippen LogP contribution in [-0.2, 0) is 20.4 Å². The summed E-state index contributed by atoms with van der Waals surface area (Å²) in [6.45, 7) is 4.80. The maximum absolute atomic E-state index is 2.47. The van der Waals surface area contributed by atoms with Crippen molar-refractivity contribution in [3.05, 3.63) is 71.3 Å². The maximum atomic E-state index is 2.47. The summed E-state index contributed by atoms with van der Waals surface area (Å²) in [5.41, 5.74) is 4.67. The fraction of sp³-hybridized carbons (Fsp3) is 0.176. The smallest absolute Gasteiger partial charge is 0.147 e. The molecule has 21 heavy (non-hydrogen) atoms. The van der Waals surface area contributed by atoms with E-state index in [4.69, 9.17) is 0 Å². The first kappa shape index (κ1) is 18.9. The van der Waals surface area contributed by atoms with Gasteiger partial charge in [0.25, 0.3) is 0 Å². The molecule has 0 fully saturated rings. The summed E-state index contributed by atoms with van der Waals surface area (Å²) < 4.78 is 2.47. The van der Waals surface area contributed by atoms with Crippen molar-refractivity contribution < 1.29 is 20.4 Å². The van der Waals surface area contributed by atoms with Crippen LogP contribution in [0.5, 0.6) is 0 Å². The number of hydrogen-bond acceptors (Lipinski definition) is 0. The molecule has 0 radical (unpaired) electrons. The van der Waals surface area contributed by atoms with E-state index in [1.54, 1.807) is 14.4 Å². The van der Waals surface area contributed by atoms with Crippen LogP contribution in [0, 0.1) is 0 Å². The van der Waals surface area contributed by atoms with Crippen LogP contribution in [-0.4, -0.2) is 6.16 Å². The monoisotopic (exact) mass is 412 g/mol. The molecule has 0 heterocycles. The summed E-state index contributed by atoms with van der Waals surface area (Å²) >= 11 is -1.56. The van der Waals surface area contributed by atoms with Crippen molar-refractivity contribution in [1.82, 2.24) is 0 Å². The molecule has 2 aromatic carbocycles. The van der Waals surface area contributed by atoms with E-state index in [0.717, 1.165) is 3.63 Å². The van der Waals surface area contributed by atoms with Crippen LogP contribution in [0.4, 0.5) is 0 Å². The van der Waals surface area contributed by atoms with Gasteiger partial charge in [-0.15, -0.1) is 24.8 Å². The van der Waals surface area contributed by atoms with Crippen molar-refractivity contribution in [1.29, 1.82) is 0 Å². The Morgan fingerprint density at radius 2 is 1.52 bits per heavy atom. The minimum atomic E-state index is -1.56. The van der Waals surface area contributed by atoms with Crippen LogP contribution in [0.2, 0.25) is 6.55 Å². The van der Waals surface area contributed by atoms with Crippen LogP contribution in [0.15, 0.2) is 60.2 Å². The molecule has 2 aromatic rings. The second-order valence-electron chi connectivity index (χ2n) is 5.06. The van der Waals surface area contributed by atoms with Gasteiger partial charge in [-0.3, -0.25) is 0 Å². The predicted molar refractivity (Wildman–Crippen MR) is 96.4 cm³/mol. The second kappa shape index (κ2) is 8.48. The van der Waals surface area contributed by atoms with E-state index in [1.807, 2.05) is 0 Å². The van der Waals surface area contributed by atoms with Gasteiger partial charge in [-0.05, 0) is 0 Å². The van der Waals surface area contributed by atoms with E-state index < -0.39 is 20.4 Å². The molecule has 0 bridgehead atoms. The molecule has 0 saturated heterocycles. The molecule has 0 saturated carbocycles. The summed E-state index contributed by atoms with van der Waals surface area (Å²) in [5, 5.41) is 0. The topological polar surface area (TPSA) is 0 Å². The van der Waals surface area contributed by atoms with Crippen molar-refractivity contribution >= 4 is 40.3 Å². The molecule has 110 valence electrons. The molecule has 0 N–H and O–H groups in total. The average molecular weight is 415 g/mol. The van der Waals surface area contributed by atoms with Gasteiger partial charge in [-0.1, -0.05) is 0 Å². The van der Waals surface area contributed by atoms with Crippen LogP contribution >= 0.6 is 24.8 Å². The molecule has 3 rings (SSSR count). The summed E-state index contributed by atoms with van der Waals surface area (Å²) in [6.07, 6.45) is 3.01. The second-order valence-corrected chi connectivity index (χ2v) is 18.7. The van der Waals surface area contributed by atoms with Crippen LogP contribution in [0.25, 0.3) is 6.08 Å². The van der Waals surface area contributed by atoms with E-state index in [2.05, 4.69) is 74.1 Å². The zero-order chi connectivity index (χ0) is 13.2. The van der Waals surface area contributed by atoms with E-state index in [-0.39, 0.29) is 24.8 Å². The summed E-state index contributed by atoms with van der Waals surface area (Å²) in [5.74, 6) is 0. The van der Waals surface area contributed by atoms with E-state index >= 15 is 0 Å². The number of hydrogen-bond donors (Lipinski definition) is 0. The first-order chi connectivity index (χ1) is 9.31. The average Bonchev–Trinajstić information content (AvgIpc) is 2.78. The Balaban J connectivity index is 0.00000110. The Morgan fingerprint density at radius 1 is 0.905 bits per heavy atom. The molecule has 1 aliphatic rings. The molecule has 0 spiro atoms. The number of halogens is 2. The van der Waals surface area contributed by atoms with E-state index in [9.17, 15) is 0 Å².